The van der Waals surface area contributed by atoms with Crippen molar-refractivity contribution < 1.29 is 4.79 Å². The molecular formula is C15H12Cl2N2O. The van der Waals surface area contributed by atoms with Crippen molar-refractivity contribution in [3.8, 4) is 0 Å². The van der Waals surface area contributed by atoms with E-state index in [9.17, 15) is 4.79 Å². The lowest BCUT2D eigenvalue weighted by molar-refractivity contribution is 0.255. The molecule has 0 saturated carbocycles. The Kier molecular flexibility index (Phi) is 5.04. The minimum Gasteiger partial charge on any atom is -0.314 e. The summed E-state index contributed by atoms with van der Waals surface area (Å²) in [6.07, 6.45) is 3.25. The van der Waals surface area contributed by atoms with E-state index in [0.717, 1.165) is 5.56 Å². The fourth-order valence-corrected chi connectivity index (χ4v) is 1.94. The Morgan fingerprint density at radius 1 is 1.05 bits per heavy atom. The van der Waals surface area contributed by atoms with Gasteiger partial charge in [0.2, 0.25) is 0 Å². The maximum atomic E-state index is 11.6. The van der Waals surface area contributed by atoms with Crippen molar-refractivity contribution in [1.29, 1.82) is 0 Å². The number of urea groups is 1. The van der Waals surface area contributed by atoms with Crippen LogP contribution in [0.2, 0.25) is 10.0 Å². The topological polar surface area (TPSA) is 41.1 Å². The number of carbonyl (C=O) groups is 1. The quantitative estimate of drug-likeness (QED) is 0.841. The van der Waals surface area contributed by atoms with Gasteiger partial charge in [0.05, 0.1) is 0 Å². The Bertz CT molecular complexity index is 641. The van der Waals surface area contributed by atoms with Gasteiger partial charge in [0.25, 0.3) is 0 Å². The third-order valence-corrected chi connectivity index (χ3v) is 3.04. The molecular weight excluding hydrogens is 295 g/mol. The Morgan fingerprint density at radius 2 is 1.85 bits per heavy atom. The zero-order chi connectivity index (χ0) is 14.4. The molecule has 2 aromatic carbocycles. The summed E-state index contributed by atoms with van der Waals surface area (Å²) >= 11 is 11.8. The summed E-state index contributed by atoms with van der Waals surface area (Å²) in [6.45, 7) is 0. The van der Waals surface area contributed by atoms with Gasteiger partial charge in [-0.1, -0.05) is 47.5 Å². The predicted molar refractivity (Wildman–Crippen MR) is 84.1 cm³/mol. The lowest BCUT2D eigenvalue weighted by atomic mass is 10.2. The highest BCUT2D eigenvalue weighted by Crippen LogP contribution is 2.16. The second-order valence-corrected chi connectivity index (χ2v) is 4.81. The molecule has 0 aliphatic heterocycles. The van der Waals surface area contributed by atoms with Crippen LogP contribution in [0.4, 0.5) is 10.5 Å². The van der Waals surface area contributed by atoms with Crippen molar-refractivity contribution in [3.05, 3.63) is 70.3 Å². The summed E-state index contributed by atoms with van der Waals surface area (Å²) in [4.78, 5) is 11.6. The number of hydrogen-bond donors (Lipinski definition) is 2. The molecule has 0 atom stereocenters. The molecule has 0 aliphatic rings. The van der Waals surface area contributed by atoms with Crippen LogP contribution in [0.15, 0.2) is 54.7 Å². The molecule has 0 bridgehead atoms. The Hall–Kier alpha value is -1.97. The minimum absolute atomic E-state index is 0.351. The smallest absolute Gasteiger partial charge is 0.314 e. The molecule has 0 spiro atoms. The first-order valence-electron chi connectivity index (χ1n) is 5.89. The number of hydrogen-bond acceptors (Lipinski definition) is 1. The highest BCUT2D eigenvalue weighted by atomic mass is 35.5. The summed E-state index contributed by atoms with van der Waals surface area (Å²) in [7, 11) is 0. The van der Waals surface area contributed by atoms with E-state index in [1.807, 2.05) is 18.2 Å². The second kappa shape index (κ2) is 6.98. The van der Waals surface area contributed by atoms with E-state index >= 15 is 0 Å². The van der Waals surface area contributed by atoms with Gasteiger partial charge < -0.3 is 10.6 Å². The molecule has 2 aromatic rings. The fraction of sp³-hybridized carbons (Fsp3) is 0. The first-order valence-corrected chi connectivity index (χ1v) is 6.65. The molecule has 5 heteroatoms. The summed E-state index contributed by atoms with van der Waals surface area (Å²) in [5, 5.41) is 6.45. The molecule has 0 saturated heterocycles. The number of benzene rings is 2. The fourth-order valence-electron chi connectivity index (χ4n) is 1.55. The van der Waals surface area contributed by atoms with E-state index in [-0.39, 0.29) is 6.03 Å². The molecule has 0 radical (unpaired) electrons. The normalized spacial score (nSPS) is 10.5. The number of carbonyl (C=O) groups excluding carboxylic acids is 1. The first kappa shape index (κ1) is 14.4. The van der Waals surface area contributed by atoms with Crippen molar-refractivity contribution in [1.82, 2.24) is 5.32 Å². The average molecular weight is 307 g/mol. The number of halogens is 2. The molecule has 102 valence electrons. The minimum atomic E-state index is -0.351. The number of amides is 2. The highest BCUT2D eigenvalue weighted by molar-refractivity contribution is 6.32. The molecule has 0 aromatic heterocycles. The van der Waals surface area contributed by atoms with Gasteiger partial charge in [0, 0.05) is 21.9 Å². The van der Waals surface area contributed by atoms with Gasteiger partial charge in [-0.25, -0.2) is 4.79 Å². The molecule has 0 unspecified atom stereocenters. The second-order valence-electron chi connectivity index (χ2n) is 3.96. The largest absolute Gasteiger partial charge is 0.323 e. The maximum absolute atomic E-state index is 11.6. The van der Waals surface area contributed by atoms with Crippen molar-refractivity contribution in [2.45, 2.75) is 0 Å². The Morgan fingerprint density at radius 3 is 2.60 bits per heavy atom. The Labute approximate surface area is 127 Å². The SMILES string of the molecule is O=C(N/C=C/c1ccccc1Cl)Nc1cccc(Cl)c1. The first-order chi connectivity index (χ1) is 9.65. The van der Waals surface area contributed by atoms with Gasteiger partial charge in [-0.2, -0.15) is 0 Å². The molecule has 2 amide bonds. The van der Waals surface area contributed by atoms with E-state index in [4.69, 9.17) is 23.2 Å². The standard InChI is InChI=1S/C15H12Cl2N2O/c16-12-5-3-6-13(10-12)19-15(20)18-9-8-11-4-1-2-7-14(11)17/h1-10H,(H2,18,19,20)/b9-8+. The average Bonchev–Trinajstić information content (AvgIpc) is 2.41. The van der Waals surface area contributed by atoms with E-state index in [1.165, 1.54) is 6.20 Å². The van der Waals surface area contributed by atoms with Crippen LogP contribution in [0, 0.1) is 0 Å². The van der Waals surface area contributed by atoms with Crippen LogP contribution in [0.1, 0.15) is 5.56 Å². The van der Waals surface area contributed by atoms with E-state index in [0.29, 0.717) is 15.7 Å². The lowest BCUT2D eigenvalue weighted by Gasteiger charge is -2.04. The molecule has 0 heterocycles. The van der Waals surface area contributed by atoms with Crippen LogP contribution in [0.3, 0.4) is 0 Å². The van der Waals surface area contributed by atoms with Crippen LogP contribution in [-0.4, -0.2) is 6.03 Å². The van der Waals surface area contributed by atoms with Gasteiger partial charge >= 0.3 is 6.03 Å². The van der Waals surface area contributed by atoms with Gasteiger partial charge in [0.1, 0.15) is 0 Å². The Balaban J connectivity index is 1.91. The zero-order valence-electron chi connectivity index (χ0n) is 10.4. The predicted octanol–water partition coefficient (Wildman–Crippen LogP) is 4.79. The van der Waals surface area contributed by atoms with Crippen LogP contribution in [-0.2, 0) is 0 Å². The maximum Gasteiger partial charge on any atom is 0.323 e. The van der Waals surface area contributed by atoms with Crippen molar-refractivity contribution in [2.24, 2.45) is 0 Å². The summed E-state index contributed by atoms with van der Waals surface area (Å²) < 4.78 is 0. The monoisotopic (exact) mass is 306 g/mol. The van der Waals surface area contributed by atoms with Crippen LogP contribution < -0.4 is 10.6 Å². The van der Waals surface area contributed by atoms with Crippen molar-refractivity contribution in [3.63, 3.8) is 0 Å². The highest BCUT2D eigenvalue weighted by Gasteiger charge is 1.99. The summed E-state index contributed by atoms with van der Waals surface area (Å²) in [6, 6.07) is 13.9. The van der Waals surface area contributed by atoms with Gasteiger partial charge in [-0.3, -0.25) is 0 Å². The molecule has 2 N–H and O–H groups in total. The van der Waals surface area contributed by atoms with Crippen LogP contribution in [0.25, 0.3) is 6.08 Å². The van der Waals surface area contributed by atoms with Gasteiger partial charge in [0.15, 0.2) is 0 Å². The van der Waals surface area contributed by atoms with Crippen LogP contribution >= 0.6 is 23.2 Å². The lowest BCUT2D eigenvalue weighted by Crippen LogP contribution is -2.23. The van der Waals surface area contributed by atoms with E-state index in [1.54, 1.807) is 36.4 Å². The number of anilines is 1. The molecule has 20 heavy (non-hydrogen) atoms. The van der Waals surface area contributed by atoms with E-state index in [2.05, 4.69) is 10.6 Å². The molecule has 0 fully saturated rings. The molecule has 3 nitrogen and oxygen atoms in total. The molecule has 0 aliphatic carbocycles. The van der Waals surface area contributed by atoms with E-state index < -0.39 is 0 Å². The number of rotatable bonds is 3. The zero-order valence-corrected chi connectivity index (χ0v) is 11.9. The summed E-state index contributed by atoms with van der Waals surface area (Å²) in [5.74, 6) is 0. The van der Waals surface area contributed by atoms with Crippen LogP contribution in [0.5, 0.6) is 0 Å². The van der Waals surface area contributed by atoms with Gasteiger partial charge in [-0.05, 0) is 35.9 Å². The van der Waals surface area contributed by atoms with Gasteiger partial charge in [-0.15, -0.1) is 0 Å². The van der Waals surface area contributed by atoms with Crippen molar-refractivity contribution >= 4 is 41.0 Å². The third kappa shape index (κ3) is 4.30. The summed E-state index contributed by atoms with van der Waals surface area (Å²) in [5.41, 5.74) is 1.46. The molecule has 2 rings (SSSR count). The third-order valence-electron chi connectivity index (χ3n) is 2.47. The van der Waals surface area contributed by atoms with Crippen molar-refractivity contribution in [2.75, 3.05) is 5.32 Å². The number of nitrogens with one attached hydrogen (secondary N) is 2.